The third kappa shape index (κ3) is 4.97. The normalized spacial score (nSPS) is 17.6. The van der Waals surface area contributed by atoms with E-state index >= 15 is 0 Å². The fourth-order valence-electron chi connectivity index (χ4n) is 12.0. The van der Waals surface area contributed by atoms with E-state index in [9.17, 15) is 0 Å². The van der Waals surface area contributed by atoms with Crippen LogP contribution in [0.2, 0.25) is 0 Å². The first kappa shape index (κ1) is 36.7. The zero-order valence-electron chi connectivity index (χ0n) is 35.4. The molecule has 0 radical (unpaired) electrons. The van der Waals surface area contributed by atoms with Gasteiger partial charge in [-0.1, -0.05) is 200 Å². The monoisotopic (exact) mass is 816 g/mol. The SMILES string of the molecule is C1=Cc2c(n(-c3ccccc3)c3cc(N(c4ccccc4)c4ccccc4C4(c5ccccc5)c5ccccc5C5(c6ccccc6)c6ccccc6-c6cccc4c65)ccc23)CC1. The molecule has 1 aromatic heterocycles. The van der Waals surface area contributed by atoms with Crippen LogP contribution < -0.4 is 4.90 Å². The summed E-state index contributed by atoms with van der Waals surface area (Å²) in [6.07, 6.45) is 6.70. The predicted octanol–water partition coefficient (Wildman–Crippen LogP) is 15.1. The van der Waals surface area contributed by atoms with E-state index in [2.05, 4.69) is 252 Å². The van der Waals surface area contributed by atoms with Gasteiger partial charge in [-0.25, -0.2) is 0 Å². The molecule has 2 nitrogen and oxygen atoms in total. The Morgan fingerprint density at radius 1 is 0.422 bits per heavy atom. The van der Waals surface area contributed by atoms with Crippen LogP contribution in [-0.4, -0.2) is 4.57 Å². The van der Waals surface area contributed by atoms with Gasteiger partial charge in [-0.3, -0.25) is 0 Å². The van der Waals surface area contributed by atoms with Crippen molar-refractivity contribution in [3.63, 3.8) is 0 Å². The third-order valence-corrected chi connectivity index (χ3v) is 14.4. The van der Waals surface area contributed by atoms with Gasteiger partial charge in [0.25, 0.3) is 0 Å². The third-order valence-electron chi connectivity index (χ3n) is 14.4. The molecule has 0 spiro atoms. The van der Waals surface area contributed by atoms with Crippen molar-refractivity contribution in [2.24, 2.45) is 0 Å². The molecule has 2 heteroatoms. The topological polar surface area (TPSA) is 8.17 Å². The molecule has 64 heavy (non-hydrogen) atoms. The summed E-state index contributed by atoms with van der Waals surface area (Å²) in [5, 5.41) is 1.28. The van der Waals surface area contributed by atoms with Crippen LogP contribution in [0.25, 0.3) is 33.8 Å². The molecule has 9 aromatic carbocycles. The Bertz CT molecular complexity index is 3440. The average molecular weight is 817 g/mol. The lowest BCUT2D eigenvalue weighted by molar-refractivity contribution is 0.627. The number of fused-ring (bicyclic) bond motifs is 8. The van der Waals surface area contributed by atoms with Gasteiger partial charge in [0.05, 0.1) is 22.0 Å². The second kappa shape index (κ2) is 14.3. The van der Waals surface area contributed by atoms with E-state index in [0.29, 0.717) is 0 Å². The van der Waals surface area contributed by atoms with Crippen molar-refractivity contribution >= 4 is 34.0 Å². The second-order valence-corrected chi connectivity index (χ2v) is 17.4. The van der Waals surface area contributed by atoms with Crippen molar-refractivity contribution in [1.82, 2.24) is 4.57 Å². The molecule has 1 heterocycles. The first-order valence-electron chi connectivity index (χ1n) is 22.6. The molecule has 0 saturated carbocycles. The molecular formula is C62H44N2. The summed E-state index contributed by atoms with van der Waals surface area (Å²) in [5.74, 6) is 0. The lowest BCUT2D eigenvalue weighted by Gasteiger charge is -2.50. The second-order valence-electron chi connectivity index (χ2n) is 17.4. The highest BCUT2D eigenvalue weighted by Crippen LogP contribution is 2.66. The average Bonchev–Trinajstić information content (AvgIpc) is 3.87. The molecule has 0 aliphatic heterocycles. The minimum Gasteiger partial charge on any atom is -0.313 e. The summed E-state index contributed by atoms with van der Waals surface area (Å²) in [7, 11) is 0. The molecule has 0 fully saturated rings. The molecule has 302 valence electrons. The zero-order chi connectivity index (χ0) is 42.2. The van der Waals surface area contributed by atoms with Crippen LogP contribution in [0, 0.1) is 0 Å². The number of rotatable bonds is 7. The maximum absolute atomic E-state index is 2.51. The molecule has 0 bridgehead atoms. The van der Waals surface area contributed by atoms with Crippen molar-refractivity contribution in [2.75, 3.05) is 4.90 Å². The van der Waals surface area contributed by atoms with E-state index in [1.807, 2.05) is 0 Å². The maximum atomic E-state index is 2.51. The van der Waals surface area contributed by atoms with Gasteiger partial charge >= 0.3 is 0 Å². The van der Waals surface area contributed by atoms with Gasteiger partial charge in [-0.05, 0) is 111 Å². The van der Waals surface area contributed by atoms with Crippen LogP contribution in [0.4, 0.5) is 17.1 Å². The van der Waals surface area contributed by atoms with Gasteiger partial charge < -0.3 is 9.47 Å². The number of hydrogen-bond acceptors (Lipinski definition) is 1. The first-order valence-corrected chi connectivity index (χ1v) is 22.6. The highest BCUT2D eigenvalue weighted by Gasteiger charge is 2.58. The summed E-state index contributed by atoms with van der Waals surface area (Å²) < 4.78 is 2.50. The largest absolute Gasteiger partial charge is 0.313 e. The standard InChI is InChI=1S/C62H44N2/c1-5-22-43(23-6-1)61(53-34-16-17-35-54(53)62(44-24-7-2-8-25-44)52-33-15-13-30-48(52)51-32-21-37-56(61)60(51)62)55-36-18-20-39-58(55)63(45-26-9-3-10-27-45)47-40-41-50-49-31-14-19-38-57(49)64(59(50)42-47)46-28-11-4-12-29-46/h1-18,20-37,39-42H,19,38H2. The van der Waals surface area contributed by atoms with Crippen molar-refractivity contribution in [3.05, 3.63) is 292 Å². The molecule has 0 saturated heterocycles. The van der Waals surface area contributed by atoms with Crippen molar-refractivity contribution in [1.29, 1.82) is 0 Å². The Balaban J connectivity index is 1.15. The van der Waals surface area contributed by atoms with Crippen LogP contribution in [0.1, 0.15) is 62.2 Å². The van der Waals surface area contributed by atoms with Crippen molar-refractivity contribution in [3.8, 4) is 16.8 Å². The number of hydrogen-bond donors (Lipinski definition) is 0. The Morgan fingerprint density at radius 2 is 0.984 bits per heavy atom. The number of allylic oxidation sites excluding steroid dienone is 1. The van der Waals surface area contributed by atoms with Gasteiger partial charge in [0, 0.05) is 33.7 Å². The Kier molecular flexibility index (Phi) is 8.20. The smallest absolute Gasteiger partial charge is 0.0728 e. The number of benzene rings is 9. The first-order chi connectivity index (χ1) is 31.8. The minimum absolute atomic E-state index is 0.520. The number of anilines is 3. The van der Waals surface area contributed by atoms with Crippen LogP contribution in [-0.2, 0) is 17.3 Å². The van der Waals surface area contributed by atoms with Gasteiger partial charge in [-0.15, -0.1) is 0 Å². The van der Waals surface area contributed by atoms with E-state index in [4.69, 9.17) is 0 Å². The number of para-hydroxylation sites is 3. The molecule has 3 aliphatic rings. The molecule has 13 rings (SSSR count). The van der Waals surface area contributed by atoms with Gasteiger partial charge in [0.1, 0.15) is 0 Å². The van der Waals surface area contributed by atoms with Crippen LogP contribution >= 0.6 is 0 Å². The maximum Gasteiger partial charge on any atom is 0.0728 e. The molecule has 0 N–H and O–H groups in total. The molecular weight excluding hydrogens is 773 g/mol. The molecule has 0 amide bonds. The Morgan fingerprint density at radius 3 is 1.72 bits per heavy atom. The van der Waals surface area contributed by atoms with E-state index < -0.39 is 10.8 Å². The summed E-state index contributed by atoms with van der Waals surface area (Å²) in [6.45, 7) is 0. The van der Waals surface area contributed by atoms with Gasteiger partial charge in [-0.2, -0.15) is 0 Å². The summed E-state index contributed by atoms with van der Waals surface area (Å²) in [5.41, 5.74) is 20.2. The highest BCUT2D eigenvalue weighted by atomic mass is 15.1. The molecule has 2 unspecified atom stereocenters. The lowest BCUT2D eigenvalue weighted by Crippen LogP contribution is -2.44. The fourth-order valence-corrected chi connectivity index (χ4v) is 12.0. The van der Waals surface area contributed by atoms with Crippen LogP contribution in [0.15, 0.2) is 237 Å². The fraction of sp³-hybridized carbons (Fsp3) is 0.0645. The van der Waals surface area contributed by atoms with Crippen LogP contribution in [0.3, 0.4) is 0 Å². The summed E-state index contributed by atoms with van der Waals surface area (Å²) in [4.78, 5) is 2.51. The molecule has 10 aromatic rings. The van der Waals surface area contributed by atoms with E-state index in [1.165, 1.54) is 83.5 Å². The zero-order valence-corrected chi connectivity index (χ0v) is 35.4. The lowest BCUT2D eigenvalue weighted by atomic mass is 9.51. The van der Waals surface area contributed by atoms with E-state index in [1.54, 1.807) is 0 Å². The molecule has 2 atom stereocenters. The van der Waals surface area contributed by atoms with E-state index in [0.717, 1.165) is 29.9 Å². The Labute approximate surface area is 374 Å². The quantitative estimate of drug-likeness (QED) is 0.156. The molecule has 3 aliphatic carbocycles. The Hall–Kier alpha value is -7.94. The number of nitrogens with zero attached hydrogens (tertiary/aromatic N) is 2. The highest BCUT2D eigenvalue weighted by molar-refractivity contribution is 5.98. The summed E-state index contributed by atoms with van der Waals surface area (Å²) in [6, 6.07) is 86.3. The van der Waals surface area contributed by atoms with Crippen LogP contribution in [0.5, 0.6) is 0 Å². The van der Waals surface area contributed by atoms with Crippen molar-refractivity contribution < 1.29 is 0 Å². The summed E-state index contributed by atoms with van der Waals surface area (Å²) >= 11 is 0. The minimum atomic E-state index is -0.717. The van der Waals surface area contributed by atoms with Gasteiger partial charge in [0.15, 0.2) is 0 Å². The van der Waals surface area contributed by atoms with Gasteiger partial charge in [0.2, 0.25) is 0 Å². The number of aromatic nitrogens is 1. The van der Waals surface area contributed by atoms with Crippen molar-refractivity contribution in [2.45, 2.75) is 23.7 Å². The van der Waals surface area contributed by atoms with E-state index in [-0.39, 0.29) is 0 Å². The predicted molar refractivity (Wildman–Crippen MR) is 264 cm³/mol.